The molecule has 59 heavy (non-hydrogen) atoms. The van der Waals surface area contributed by atoms with Gasteiger partial charge >= 0.3 is 0 Å². The maximum atomic E-state index is 5.32. The lowest BCUT2D eigenvalue weighted by Gasteiger charge is -2.16. The van der Waals surface area contributed by atoms with Crippen LogP contribution in [0.5, 0.6) is 0 Å². The third-order valence-corrected chi connectivity index (χ3v) is 10.7. The van der Waals surface area contributed by atoms with Gasteiger partial charge in [-0.3, -0.25) is 15.0 Å². The molecule has 0 amide bonds. The van der Waals surface area contributed by atoms with Crippen LogP contribution in [0.1, 0.15) is 55.0 Å². The smallest absolute Gasteiger partial charge is 0.0716 e. The molecule has 0 N–H and O–H groups in total. The van der Waals surface area contributed by atoms with Gasteiger partial charge in [-0.2, -0.15) is 0 Å². The highest BCUT2D eigenvalue weighted by Crippen LogP contribution is 2.38. The summed E-state index contributed by atoms with van der Waals surface area (Å²) >= 11 is 0. The largest absolute Gasteiger partial charge is 0.280 e. The van der Waals surface area contributed by atoms with Crippen LogP contribution < -0.4 is 0 Å². The quantitative estimate of drug-likeness (QED) is 0.0676. The van der Waals surface area contributed by atoms with Crippen LogP contribution in [0.3, 0.4) is 0 Å². The van der Waals surface area contributed by atoms with Gasteiger partial charge in [-0.1, -0.05) is 159 Å². The Kier molecular flexibility index (Phi) is 12.7. The van der Waals surface area contributed by atoms with Crippen molar-refractivity contribution in [2.24, 2.45) is 15.0 Å². The first-order valence-electron chi connectivity index (χ1n) is 20.1. The maximum absolute atomic E-state index is 5.32. The standard InChI is InChI=1S/C56H49N3/c1-7-42(8-2)44-28-30-45(31-29-44)54(57-6)37-55(59-38-41-19-11-10-12-20-41)49-34-48(39(4)26-27-43-21-17-18-32-58-53(9-3)40(43)5)35-50(36-49)56-51-24-15-13-22-46(51)33-47-23-14-16-25-52(47)56/h7-17,19-37H,1,4,6,18,38H2,2-3,5H3/b21-17-,27-26-,42-8+,43-40+,53-9-,54-37-,58-32?,59-55?. The van der Waals surface area contributed by atoms with Crippen molar-refractivity contribution in [3.05, 3.63) is 234 Å². The van der Waals surface area contributed by atoms with Crippen molar-refractivity contribution in [3.63, 3.8) is 0 Å². The van der Waals surface area contributed by atoms with Gasteiger partial charge in [0, 0.05) is 23.8 Å². The zero-order chi connectivity index (χ0) is 41.1. The molecule has 6 aromatic rings. The Labute approximate surface area is 349 Å². The number of rotatable bonds is 12. The Balaban J connectivity index is 1.45. The summed E-state index contributed by atoms with van der Waals surface area (Å²) in [7, 11) is 0. The normalized spacial score (nSPS) is 16.4. The monoisotopic (exact) mass is 763 g/mol. The molecule has 0 spiro atoms. The Bertz CT molecular complexity index is 2760. The summed E-state index contributed by atoms with van der Waals surface area (Å²) in [5.41, 5.74) is 14.0. The highest BCUT2D eigenvalue weighted by Gasteiger charge is 2.16. The summed E-state index contributed by atoms with van der Waals surface area (Å²) in [6.07, 6.45) is 19.4. The minimum absolute atomic E-state index is 0.493. The Hall–Kier alpha value is -7.23. The van der Waals surface area contributed by atoms with Crippen molar-refractivity contribution in [2.45, 2.75) is 33.7 Å². The van der Waals surface area contributed by atoms with Gasteiger partial charge < -0.3 is 0 Å². The number of hydrogen-bond donors (Lipinski definition) is 0. The van der Waals surface area contributed by atoms with Gasteiger partial charge in [-0.05, 0) is 129 Å². The second-order valence-corrected chi connectivity index (χ2v) is 14.5. The third-order valence-electron chi connectivity index (χ3n) is 10.7. The van der Waals surface area contributed by atoms with E-state index in [0.717, 1.165) is 79.2 Å². The predicted octanol–water partition coefficient (Wildman–Crippen LogP) is 14.8. The number of hydrogen-bond acceptors (Lipinski definition) is 3. The molecule has 0 aromatic heterocycles. The second-order valence-electron chi connectivity index (χ2n) is 14.5. The topological polar surface area (TPSA) is 37.1 Å². The molecule has 0 saturated carbocycles. The van der Waals surface area contributed by atoms with Crippen LogP contribution >= 0.6 is 0 Å². The molecule has 1 aliphatic heterocycles. The lowest BCUT2D eigenvalue weighted by atomic mass is 9.88. The van der Waals surface area contributed by atoms with Crippen molar-refractivity contribution >= 4 is 57.0 Å². The average molecular weight is 764 g/mol. The van der Waals surface area contributed by atoms with E-state index in [4.69, 9.17) is 4.99 Å². The molecule has 0 saturated heterocycles. The molecule has 6 aromatic carbocycles. The second kappa shape index (κ2) is 18.8. The van der Waals surface area contributed by atoms with Crippen molar-refractivity contribution in [3.8, 4) is 11.1 Å². The molecule has 7 rings (SSSR count). The minimum atomic E-state index is 0.493. The van der Waals surface area contributed by atoms with E-state index in [1.165, 1.54) is 27.1 Å². The summed E-state index contributed by atoms with van der Waals surface area (Å²) in [5, 5.41) is 4.74. The molecule has 3 nitrogen and oxygen atoms in total. The van der Waals surface area contributed by atoms with E-state index in [1.54, 1.807) is 0 Å². The van der Waals surface area contributed by atoms with Crippen molar-refractivity contribution in [2.75, 3.05) is 0 Å². The fourth-order valence-electron chi connectivity index (χ4n) is 7.53. The van der Waals surface area contributed by atoms with Crippen LogP contribution in [0.2, 0.25) is 0 Å². The zero-order valence-corrected chi connectivity index (χ0v) is 34.2. The Morgan fingerprint density at radius 3 is 2.08 bits per heavy atom. The van der Waals surface area contributed by atoms with Gasteiger partial charge in [0.2, 0.25) is 0 Å². The average Bonchev–Trinajstić information content (AvgIpc) is 3.27. The zero-order valence-electron chi connectivity index (χ0n) is 34.2. The first-order chi connectivity index (χ1) is 28.9. The Morgan fingerprint density at radius 1 is 0.763 bits per heavy atom. The first kappa shape index (κ1) is 40.0. The SMILES string of the molecule is C=C/C(=C\C)c1ccc(/C(=C/C(=NCc2ccccc2)c2cc(C(=C)\C=C/C3=C(C)/C(=C/C)N=CC/C=C\3)cc(-c3c4ccccc4cc4ccccc34)c2)N=C)cc1. The predicted molar refractivity (Wildman–Crippen MR) is 258 cm³/mol. The molecule has 0 radical (unpaired) electrons. The van der Waals surface area contributed by atoms with Gasteiger partial charge in [0.25, 0.3) is 0 Å². The Morgan fingerprint density at radius 2 is 1.42 bits per heavy atom. The van der Waals surface area contributed by atoms with Gasteiger partial charge in [-0.15, -0.1) is 0 Å². The van der Waals surface area contributed by atoms with Gasteiger partial charge in [0.15, 0.2) is 0 Å². The first-order valence-corrected chi connectivity index (χ1v) is 20.1. The molecule has 0 atom stereocenters. The summed E-state index contributed by atoms with van der Waals surface area (Å²) < 4.78 is 0. The number of allylic oxidation sites excluding steroid dienone is 12. The fourth-order valence-corrected chi connectivity index (χ4v) is 7.53. The van der Waals surface area contributed by atoms with Crippen LogP contribution in [-0.2, 0) is 6.54 Å². The highest BCUT2D eigenvalue weighted by atomic mass is 14.8. The molecule has 0 unspecified atom stereocenters. The van der Waals surface area contributed by atoms with Crippen molar-refractivity contribution < 1.29 is 0 Å². The van der Waals surface area contributed by atoms with Crippen molar-refractivity contribution in [1.29, 1.82) is 0 Å². The molecular weight excluding hydrogens is 715 g/mol. The molecular formula is C56H49N3. The lowest BCUT2D eigenvalue weighted by molar-refractivity contribution is 1.07. The van der Waals surface area contributed by atoms with Crippen LogP contribution in [0, 0.1) is 0 Å². The lowest BCUT2D eigenvalue weighted by Crippen LogP contribution is -2.02. The van der Waals surface area contributed by atoms with E-state index in [0.29, 0.717) is 6.54 Å². The van der Waals surface area contributed by atoms with E-state index < -0.39 is 0 Å². The van der Waals surface area contributed by atoms with E-state index >= 15 is 0 Å². The molecule has 3 heteroatoms. The molecule has 0 aliphatic carbocycles. The summed E-state index contributed by atoms with van der Waals surface area (Å²) in [4.78, 5) is 14.6. The number of nitrogens with zero attached hydrogens (tertiary/aromatic N) is 3. The summed E-state index contributed by atoms with van der Waals surface area (Å²) in [6.45, 7) is 19.3. The van der Waals surface area contributed by atoms with Gasteiger partial charge in [-0.25, -0.2) is 0 Å². The van der Waals surface area contributed by atoms with E-state index in [9.17, 15) is 0 Å². The number of benzene rings is 6. The van der Waals surface area contributed by atoms with Gasteiger partial charge in [0.05, 0.1) is 23.7 Å². The van der Waals surface area contributed by atoms with E-state index in [-0.39, 0.29) is 0 Å². The van der Waals surface area contributed by atoms with Gasteiger partial charge in [0.1, 0.15) is 0 Å². The molecule has 1 aliphatic rings. The molecule has 0 fully saturated rings. The van der Waals surface area contributed by atoms with Crippen LogP contribution in [0.25, 0.3) is 49.5 Å². The molecule has 288 valence electrons. The molecule has 1 heterocycles. The maximum Gasteiger partial charge on any atom is 0.0716 e. The highest BCUT2D eigenvalue weighted by molar-refractivity contribution is 6.16. The number of aliphatic imine (C=N–C) groups is 3. The summed E-state index contributed by atoms with van der Waals surface area (Å²) in [6, 6.07) is 45.0. The summed E-state index contributed by atoms with van der Waals surface area (Å²) in [5.74, 6) is 0. The minimum Gasteiger partial charge on any atom is -0.280 e. The fraction of sp³-hybridized carbons (Fsp3) is 0.0893. The van der Waals surface area contributed by atoms with E-state index in [2.05, 4.69) is 201 Å². The van der Waals surface area contributed by atoms with Crippen LogP contribution in [0.15, 0.2) is 221 Å². The van der Waals surface area contributed by atoms with Crippen LogP contribution in [0.4, 0.5) is 0 Å². The van der Waals surface area contributed by atoms with Crippen LogP contribution in [-0.4, -0.2) is 18.6 Å². The van der Waals surface area contributed by atoms with Crippen molar-refractivity contribution in [1.82, 2.24) is 0 Å². The third kappa shape index (κ3) is 9.17. The number of fused-ring (bicyclic) bond motifs is 2. The van der Waals surface area contributed by atoms with E-state index in [1.807, 2.05) is 32.2 Å². The molecule has 0 bridgehead atoms.